The monoisotopic (exact) mass is 264 g/mol. The highest BCUT2D eigenvalue weighted by molar-refractivity contribution is 6.76. The molecule has 0 aromatic heterocycles. The van der Waals surface area contributed by atoms with Gasteiger partial charge in [0.25, 0.3) is 0 Å². The van der Waals surface area contributed by atoms with Crippen molar-refractivity contribution in [3.05, 3.63) is 41.1 Å². The SMILES string of the molecule is CCO[Si](C)(C)/C=C/c1ccc(C(=O)OC)cc1. The third-order valence-corrected chi connectivity index (χ3v) is 4.53. The maximum Gasteiger partial charge on any atom is 0.337 e. The van der Waals surface area contributed by atoms with Crippen LogP contribution < -0.4 is 0 Å². The van der Waals surface area contributed by atoms with E-state index in [2.05, 4.69) is 23.5 Å². The molecule has 3 nitrogen and oxygen atoms in total. The molecule has 0 unspecified atom stereocenters. The molecule has 0 radical (unpaired) electrons. The third kappa shape index (κ3) is 4.47. The number of ether oxygens (including phenoxy) is 1. The summed E-state index contributed by atoms with van der Waals surface area (Å²) in [6.07, 6.45) is 2.04. The van der Waals surface area contributed by atoms with Gasteiger partial charge in [0.15, 0.2) is 0 Å². The molecular formula is C14H20O3Si. The maximum absolute atomic E-state index is 11.3. The van der Waals surface area contributed by atoms with Crippen molar-refractivity contribution in [3.63, 3.8) is 0 Å². The van der Waals surface area contributed by atoms with Gasteiger partial charge < -0.3 is 9.16 Å². The first-order valence-corrected chi connectivity index (χ1v) is 8.98. The van der Waals surface area contributed by atoms with Crippen LogP contribution in [0, 0.1) is 0 Å². The molecular weight excluding hydrogens is 244 g/mol. The highest BCUT2D eigenvalue weighted by atomic mass is 28.4. The molecule has 0 aliphatic rings. The Balaban J connectivity index is 2.75. The summed E-state index contributed by atoms with van der Waals surface area (Å²) in [7, 11) is -0.319. The predicted octanol–water partition coefficient (Wildman–Crippen LogP) is 3.27. The lowest BCUT2D eigenvalue weighted by Gasteiger charge is -2.16. The molecule has 0 N–H and O–H groups in total. The van der Waals surface area contributed by atoms with Crippen LogP contribution in [0.4, 0.5) is 0 Å². The minimum absolute atomic E-state index is 0.311. The smallest absolute Gasteiger partial charge is 0.337 e. The summed E-state index contributed by atoms with van der Waals surface area (Å²) < 4.78 is 10.4. The van der Waals surface area contributed by atoms with Gasteiger partial charge in [-0.05, 0) is 37.7 Å². The Kier molecular flexibility index (Phi) is 5.31. The van der Waals surface area contributed by atoms with Crippen LogP contribution >= 0.6 is 0 Å². The summed E-state index contributed by atoms with van der Waals surface area (Å²) >= 11 is 0. The minimum atomic E-state index is -1.70. The Morgan fingerprint density at radius 3 is 2.39 bits per heavy atom. The number of methoxy groups -OCH3 is 1. The number of hydrogen-bond donors (Lipinski definition) is 0. The highest BCUT2D eigenvalue weighted by Gasteiger charge is 2.16. The Bertz CT molecular complexity index is 421. The van der Waals surface area contributed by atoms with Crippen LogP contribution in [0.3, 0.4) is 0 Å². The van der Waals surface area contributed by atoms with Gasteiger partial charge >= 0.3 is 5.97 Å². The lowest BCUT2D eigenvalue weighted by atomic mass is 10.1. The van der Waals surface area contributed by atoms with E-state index in [-0.39, 0.29) is 5.97 Å². The zero-order chi connectivity index (χ0) is 13.6. The standard InChI is InChI=1S/C14H20O3Si/c1-5-17-18(3,4)11-10-12-6-8-13(9-7-12)14(15)16-2/h6-11H,5H2,1-4H3/b11-10+. The molecule has 0 fully saturated rings. The van der Waals surface area contributed by atoms with E-state index in [9.17, 15) is 4.79 Å². The zero-order valence-electron chi connectivity index (χ0n) is 11.4. The second kappa shape index (κ2) is 6.52. The van der Waals surface area contributed by atoms with Crippen LogP contribution in [0.15, 0.2) is 30.0 Å². The number of esters is 1. The van der Waals surface area contributed by atoms with Gasteiger partial charge in [0.2, 0.25) is 8.32 Å². The molecule has 0 saturated carbocycles. The normalized spacial score (nSPS) is 11.8. The fourth-order valence-corrected chi connectivity index (χ4v) is 3.00. The van der Waals surface area contributed by atoms with E-state index in [0.717, 1.165) is 12.2 Å². The van der Waals surface area contributed by atoms with Crippen molar-refractivity contribution in [2.45, 2.75) is 20.0 Å². The first kappa shape index (κ1) is 14.7. The molecule has 0 aliphatic heterocycles. The first-order chi connectivity index (χ1) is 8.48. The van der Waals surface area contributed by atoms with E-state index in [1.165, 1.54) is 7.11 Å². The molecule has 0 heterocycles. The van der Waals surface area contributed by atoms with Crippen LogP contribution in [-0.4, -0.2) is 28.0 Å². The largest absolute Gasteiger partial charge is 0.465 e. The Labute approximate surface area is 110 Å². The Hall–Kier alpha value is -1.39. The summed E-state index contributed by atoms with van der Waals surface area (Å²) in [4.78, 5) is 11.3. The summed E-state index contributed by atoms with van der Waals surface area (Å²) in [5.41, 5.74) is 3.77. The van der Waals surface area contributed by atoms with E-state index in [1.54, 1.807) is 12.1 Å². The quantitative estimate of drug-likeness (QED) is 0.605. The summed E-state index contributed by atoms with van der Waals surface area (Å²) in [6, 6.07) is 7.33. The fourth-order valence-electron chi connectivity index (χ4n) is 1.57. The summed E-state index contributed by atoms with van der Waals surface area (Å²) in [6.45, 7) is 7.05. The van der Waals surface area contributed by atoms with E-state index in [4.69, 9.17) is 4.43 Å². The molecule has 0 saturated heterocycles. The zero-order valence-corrected chi connectivity index (χ0v) is 12.4. The molecule has 1 aromatic rings. The van der Waals surface area contributed by atoms with E-state index in [0.29, 0.717) is 5.56 Å². The van der Waals surface area contributed by atoms with Crippen LogP contribution in [-0.2, 0) is 9.16 Å². The fraction of sp³-hybridized carbons (Fsp3) is 0.357. The molecule has 0 atom stereocenters. The van der Waals surface area contributed by atoms with Crippen molar-refractivity contribution in [1.82, 2.24) is 0 Å². The first-order valence-electron chi connectivity index (χ1n) is 6.00. The van der Waals surface area contributed by atoms with Crippen molar-refractivity contribution in [2.24, 2.45) is 0 Å². The molecule has 0 amide bonds. The average molecular weight is 264 g/mol. The van der Waals surface area contributed by atoms with Crippen LogP contribution in [0.5, 0.6) is 0 Å². The second-order valence-electron chi connectivity index (χ2n) is 4.48. The number of benzene rings is 1. The van der Waals surface area contributed by atoms with Crippen molar-refractivity contribution in [3.8, 4) is 0 Å². The molecule has 0 bridgehead atoms. The van der Waals surface area contributed by atoms with Crippen LogP contribution in [0.25, 0.3) is 6.08 Å². The van der Waals surface area contributed by atoms with Crippen molar-refractivity contribution in [1.29, 1.82) is 0 Å². The predicted molar refractivity (Wildman–Crippen MR) is 75.9 cm³/mol. The van der Waals surface area contributed by atoms with Gasteiger partial charge in [-0.25, -0.2) is 4.79 Å². The third-order valence-electron chi connectivity index (χ3n) is 2.53. The van der Waals surface area contributed by atoms with Gasteiger partial charge in [-0.3, -0.25) is 0 Å². The Morgan fingerprint density at radius 2 is 1.89 bits per heavy atom. The van der Waals surface area contributed by atoms with E-state index < -0.39 is 8.32 Å². The molecule has 1 aromatic carbocycles. The molecule has 1 rings (SSSR count). The van der Waals surface area contributed by atoms with Crippen molar-refractivity contribution < 1.29 is 14.0 Å². The van der Waals surface area contributed by atoms with Crippen molar-refractivity contribution in [2.75, 3.05) is 13.7 Å². The van der Waals surface area contributed by atoms with Crippen LogP contribution in [0.2, 0.25) is 13.1 Å². The molecule has 0 spiro atoms. The van der Waals surface area contributed by atoms with E-state index in [1.807, 2.05) is 25.1 Å². The Morgan fingerprint density at radius 1 is 1.28 bits per heavy atom. The molecule has 98 valence electrons. The van der Waals surface area contributed by atoms with Gasteiger partial charge in [0.05, 0.1) is 12.7 Å². The summed E-state index contributed by atoms with van der Waals surface area (Å²) in [5.74, 6) is -0.311. The number of rotatable bonds is 5. The molecule has 4 heteroatoms. The molecule has 0 aliphatic carbocycles. The molecule has 18 heavy (non-hydrogen) atoms. The lowest BCUT2D eigenvalue weighted by molar-refractivity contribution is 0.0600. The summed E-state index contributed by atoms with van der Waals surface area (Å²) in [5, 5.41) is 0. The van der Waals surface area contributed by atoms with Gasteiger partial charge in [0, 0.05) is 6.61 Å². The lowest BCUT2D eigenvalue weighted by Crippen LogP contribution is -2.27. The van der Waals surface area contributed by atoms with Crippen LogP contribution in [0.1, 0.15) is 22.8 Å². The average Bonchev–Trinajstić information content (AvgIpc) is 2.36. The van der Waals surface area contributed by atoms with Gasteiger partial charge in [-0.15, -0.1) is 0 Å². The maximum atomic E-state index is 11.3. The topological polar surface area (TPSA) is 35.5 Å². The number of hydrogen-bond acceptors (Lipinski definition) is 3. The van der Waals surface area contributed by atoms with Crippen molar-refractivity contribution >= 4 is 20.4 Å². The minimum Gasteiger partial charge on any atom is -0.465 e. The van der Waals surface area contributed by atoms with Gasteiger partial charge in [-0.2, -0.15) is 0 Å². The van der Waals surface area contributed by atoms with E-state index >= 15 is 0 Å². The number of carbonyl (C=O) groups is 1. The van der Waals surface area contributed by atoms with Gasteiger partial charge in [-0.1, -0.05) is 23.9 Å². The number of carbonyl (C=O) groups excluding carboxylic acids is 1. The van der Waals surface area contributed by atoms with Gasteiger partial charge in [0.1, 0.15) is 0 Å². The highest BCUT2D eigenvalue weighted by Crippen LogP contribution is 2.11. The second-order valence-corrected chi connectivity index (χ2v) is 8.31.